The first kappa shape index (κ1) is 18.3. The zero-order valence-corrected chi connectivity index (χ0v) is 15.8. The Balaban J connectivity index is 1.83. The molecule has 1 N–H and O–H groups in total. The van der Waals surface area contributed by atoms with Crippen LogP contribution < -0.4 is 5.32 Å². The molecule has 4 nitrogen and oxygen atoms in total. The molecule has 0 aliphatic heterocycles. The summed E-state index contributed by atoms with van der Waals surface area (Å²) in [5.74, 6) is 0.373. The number of benzene rings is 3. The second-order valence-corrected chi connectivity index (χ2v) is 6.67. The van der Waals surface area contributed by atoms with Gasteiger partial charge in [0.2, 0.25) is 5.88 Å². The van der Waals surface area contributed by atoms with E-state index >= 15 is 0 Å². The van der Waals surface area contributed by atoms with Crippen molar-refractivity contribution in [1.82, 2.24) is 0 Å². The number of carbonyl (C=O) groups is 1. The fourth-order valence-corrected chi connectivity index (χ4v) is 3.18. The molecule has 3 aromatic carbocycles. The summed E-state index contributed by atoms with van der Waals surface area (Å²) in [6.07, 6.45) is 0. The van der Waals surface area contributed by atoms with Crippen molar-refractivity contribution in [3.63, 3.8) is 0 Å². The van der Waals surface area contributed by atoms with Crippen LogP contribution in [0, 0.1) is 18.3 Å². The van der Waals surface area contributed by atoms with Crippen molar-refractivity contribution in [3.8, 4) is 28.5 Å². The van der Waals surface area contributed by atoms with Gasteiger partial charge in [0, 0.05) is 16.7 Å². The van der Waals surface area contributed by atoms with Crippen molar-refractivity contribution in [2.45, 2.75) is 6.92 Å². The smallest absolute Gasteiger partial charge is 0.258 e. The number of anilines is 1. The highest BCUT2D eigenvalue weighted by Crippen LogP contribution is 2.41. The van der Waals surface area contributed by atoms with Crippen LogP contribution in [-0.4, -0.2) is 5.91 Å². The highest BCUT2D eigenvalue weighted by molar-refractivity contribution is 6.05. The second kappa shape index (κ2) is 7.87. The minimum atomic E-state index is -0.325. The Bertz CT molecular complexity index is 1190. The maximum atomic E-state index is 12.7. The Hall–Kier alpha value is -4.10. The number of hydrogen-bond donors (Lipinski definition) is 1. The molecule has 1 heterocycles. The zero-order valence-electron chi connectivity index (χ0n) is 15.8. The van der Waals surface area contributed by atoms with Crippen molar-refractivity contribution in [3.05, 3.63) is 102 Å². The zero-order chi connectivity index (χ0) is 20.2. The number of nitrogens with zero attached hydrogens (tertiary/aromatic N) is 1. The average molecular weight is 378 g/mol. The van der Waals surface area contributed by atoms with Crippen LogP contribution in [0.25, 0.3) is 22.5 Å². The first-order valence-electron chi connectivity index (χ1n) is 9.23. The highest BCUT2D eigenvalue weighted by Gasteiger charge is 2.24. The van der Waals surface area contributed by atoms with Gasteiger partial charge in [-0.05, 0) is 24.6 Å². The van der Waals surface area contributed by atoms with Gasteiger partial charge in [-0.2, -0.15) is 5.26 Å². The van der Waals surface area contributed by atoms with E-state index in [2.05, 4.69) is 11.4 Å². The molecular formula is C25H18N2O2. The number of amides is 1. The van der Waals surface area contributed by atoms with Gasteiger partial charge in [0.1, 0.15) is 17.4 Å². The average Bonchev–Trinajstić information content (AvgIpc) is 3.13. The number of rotatable bonds is 4. The molecule has 29 heavy (non-hydrogen) atoms. The number of nitriles is 1. The van der Waals surface area contributed by atoms with Crippen molar-refractivity contribution < 1.29 is 9.21 Å². The summed E-state index contributed by atoms with van der Waals surface area (Å²) in [5.41, 5.74) is 4.21. The summed E-state index contributed by atoms with van der Waals surface area (Å²) >= 11 is 0. The van der Waals surface area contributed by atoms with E-state index in [4.69, 9.17) is 4.42 Å². The molecule has 0 atom stereocenters. The predicted molar refractivity (Wildman–Crippen MR) is 113 cm³/mol. The van der Waals surface area contributed by atoms with Gasteiger partial charge in [-0.3, -0.25) is 10.1 Å². The van der Waals surface area contributed by atoms with Crippen LogP contribution in [0.5, 0.6) is 0 Å². The number of aryl methyl sites for hydroxylation is 1. The van der Waals surface area contributed by atoms with Crippen molar-refractivity contribution >= 4 is 11.8 Å². The molecule has 0 saturated heterocycles. The lowest BCUT2D eigenvalue weighted by Gasteiger charge is -2.03. The lowest BCUT2D eigenvalue weighted by atomic mass is 9.98. The fraction of sp³-hybridized carbons (Fsp3) is 0.0400. The number of nitrogens with one attached hydrogen (secondary N) is 1. The Morgan fingerprint density at radius 2 is 1.45 bits per heavy atom. The molecule has 4 aromatic rings. The lowest BCUT2D eigenvalue weighted by molar-refractivity contribution is 0.102. The molecule has 0 aliphatic rings. The van der Waals surface area contributed by atoms with E-state index in [0.29, 0.717) is 22.5 Å². The van der Waals surface area contributed by atoms with E-state index < -0.39 is 0 Å². The maximum absolute atomic E-state index is 12.7. The van der Waals surface area contributed by atoms with Crippen LogP contribution in [0.3, 0.4) is 0 Å². The van der Waals surface area contributed by atoms with E-state index in [1.165, 1.54) is 0 Å². The van der Waals surface area contributed by atoms with Crippen LogP contribution in [0.4, 0.5) is 5.88 Å². The van der Waals surface area contributed by atoms with E-state index in [1.54, 1.807) is 12.1 Å². The van der Waals surface area contributed by atoms with Gasteiger partial charge < -0.3 is 4.42 Å². The first-order chi connectivity index (χ1) is 14.2. The van der Waals surface area contributed by atoms with Gasteiger partial charge in [0.05, 0.1) is 0 Å². The fourth-order valence-electron chi connectivity index (χ4n) is 3.18. The number of furan rings is 1. The van der Waals surface area contributed by atoms with Gasteiger partial charge in [0.25, 0.3) is 5.91 Å². The normalized spacial score (nSPS) is 10.3. The minimum Gasteiger partial charge on any atom is -0.438 e. The topological polar surface area (TPSA) is 66.0 Å². The number of hydrogen-bond acceptors (Lipinski definition) is 3. The third-order valence-electron chi connectivity index (χ3n) is 4.66. The summed E-state index contributed by atoms with van der Waals surface area (Å²) in [4.78, 5) is 12.7. The van der Waals surface area contributed by atoms with E-state index in [9.17, 15) is 10.1 Å². The SMILES string of the molecule is Cc1ccc(C(=O)Nc2oc(-c3ccccc3)c(-c3ccccc3)c2C#N)cc1. The summed E-state index contributed by atoms with van der Waals surface area (Å²) in [6, 6.07) is 28.6. The highest BCUT2D eigenvalue weighted by atomic mass is 16.4. The Kier molecular flexibility index (Phi) is 4.96. The Morgan fingerprint density at radius 1 is 0.862 bits per heavy atom. The molecule has 0 fully saturated rings. The molecule has 4 rings (SSSR count). The van der Waals surface area contributed by atoms with Crippen LogP contribution in [0.1, 0.15) is 21.5 Å². The molecule has 0 radical (unpaired) electrons. The van der Waals surface area contributed by atoms with Crippen LogP contribution in [0.2, 0.25) is 0 Å². The molecule has 0 aliphatic carbocycles. The molecule has 0 spiro atoms. The molecule has 0 unspecified atom stereocenters. The van der Waals surface area contributed by atoms with Crippen LogP contribution in [0.15, 0.2) is 89.3 Å². The third-order valence-corrected chi connectivity index (χ3v) is 4.66. The molecule has 1 amide bonds. The summed E-state index contributed by atoms with van der Waals surface area (Å²) in [7, 11) is 0. The second-order valence-electron chi connectivity index (χ2n) is 6.67. The van der Waals surface area contributed by atoms with Crippen molar-refractivity contribution in [2.24, 2.45) is 0 Å². The van der Waals surface area contributed by atoms with Gasteiger partial charge in [-0.25, -0.2) is 0 Å². The monoisotopic (exact) mass is 378 g/mol. The first-order valence-corrected chi connectivity index (χ1v) is 9.23. The van der Waals surface area contributed by atoms with Crippen molar-refractivity contribution in [2.75, 3.05) is 5.32 Å². The third kappa shape index (κ3) is 3.67. The van der Waals surface area contributed by atoms with Crippen LogP contribution in [-0.2, 0) is 0 Å². The standard InChI is InChI=1S/C25H18N2O2/c1-17-12-14-20(15-13-17)24(28)27-25-21(16-26)22(18-8-4-2-5-9-18)23(29-25)19-10-6-3-7-11-19/h2-15H,1H3,(H,27,28). The van der Waals surface area contributed by atoms with Gasteiger partial charge in [-0.1, -0.05) is 78.4 Å². The molecule has 1 aromatic heterocycles. The van der Waals surface area contributed by atoms with Crippen molar-refractivity contribution in [1.29, 1.82) is 5.26 Å². The predicted octanol–water partition coefficient (Wildman–Crippen LogP) is 6.05. The molecule has 0 saturated carbocycles. The van der Waals surface area contributed by atoms with Gasteiger partial charge >= 0.3 is 0 Å². The van der Waals surface area contributed by atoms with Gasteiger partial charge in [0.15, 0.2) is 0 Å². The van der Waals surface area contributed by atoms with E-state index in [-0.39, 0.29) is 11.8 Å². The Labute approximate surface area is 169 Å². The lowest BCUT2D eigenvalue weighted by Crippen LogP contribution is -2.12. The minimum absolute atomic E-state index is 0.149. The number of carbonyl (C=O) groups excluding carboxylic acids is 1. The summed E-state index contributed by atoms with van der Waals surface area (Å²) in [5, 5.41) is 12.6. The summed E-state index contributed by atoms with van der Waals surface area (Å²) in [6.45, 7) is 1.96. The largest absolute Gasteiger partial charge is 0.438 e. The van der Waals surface area contributed by atoms with E-state index in [0.717, 1.165) is 16.7 Å². The summed E-state index contributed by atoms with van der Waals surface area (Å²) < 4.78 is 6.04. The van der Waals surface area contributed by atoms with Gasteiger partial charge in [-0.15, -0.1) is 0 Å². The molecule has 140 valence electrons. The molecule has 4 heteroatoms. The quantitative estimate of drug-likeness (QED) is 0.470. The van der Waals surface area contributed by atoms with Crippen LogP contribution >= 0.6 is 0 Å². The Morgan fingerprint density at radius 3 is 2.03 bits per heavy atom. The molecular weight excluding hydrogens is 360 g/mol. The molecule has 0 bridgehead atoms. The van der Waals surface area contributed by atoms with E-state index in [1.807, 2.05) is 79.7 Å². The maximum Gasteiger partial charge on any atom is 0.258 e.